The summed E-state index contributed by atoms with van der Waals surface area (Å²) in [6.45, 7) is 20.9. The van der Waals surface area contributed by atoms with E-state index in [0.717, 1.165) is 16.7 Å². The summed E-state index contributed by atoms with van der Waals surface area (Å²) >= 11 is 0. The smallest absolute Gasteiger partial charge is 0.251 e. The molecule has 2 fully saturated rings. The van der Waals surface area contributed by atoms with Crippen molar-refractivity contribution in [1.29, 1.82) is 0 Å². The summed E-state index contributed by atoms with van der Waals surface area (Å²) in [5.74, 6) is -2.99. The fourth-order valence-corrected chi connectivity index (χ4v) is 9.86. The Balaban J connectivity index is 1.33. The molecule has 2 aliphatic rings. The highest BCUT2D eigenvalue weighted by Crippen LogP contribution is 2.29. The van der Waals surface area contributed by atoms with Gasteiger partial charge < -0.3 is 51.5 Å². The quantitative estimate of drug-likeness (QED) is 0.0850. The van der Waals surface area contributed by atoms with Crippen molar-refractivity contribution < 1.29 is 42.7 Å². The maximum absolute atomic E-state index is 14.7. The highest BCUT2D eigenvalue weighted by molar-refractivity contribution is 5.98. The number of halogens is 1. The molecule has 8 atom stereocenters. The number of benzene rings is 3. The minimum Gasteiger partial charge on any atom is -0.347 e. The molecular weight excluding hydrogens is 996 g/mol. The van der Waals surface area contributed by atoms with Crippen molar-refractivity contribution in [2.45, 2.75) is 150 Å². The Morgan fingerprint density at radius 2 is 0.923 bits per heavy atom. The fraction of sp³-hybridized carbons (Fsp3) is 0.559. The molecule has 6 N–H and O–H groups in total. The van der Waals surface area contributed by atoms with E-state index in [1.807, 2.05) is 72.7 Å². The first-order chi connectivity index (χ1) is 36.6. The number of likely N-dealkylation sites (tertiary alicyclic amines) is 2. The van der Waals surface area contributed by atoms with Gasteiger partial charge in [0, 0.05) is 76.3 Å². The van der Waals surface area contributed by atoms with E-state index in [-0.39, 0.29) is 78.6 Å². The number of likely N-dealkylation sites (N-methyl/N-ethyl adjacent to an activating group) is 2. The molecule has 0 spiro atoms. The van der Waals surface area contributed by atoms with Crippen LogP contribution in [0.1, 0.15) is 119 Å². The second kappa shape index (κ2) is 27.2. The lowest BCUT2D eigenvalue weighted by Crippen LogP contribution is -2.59. The first-order valence-corrected chi connectivity index (χ1v) is 27.2. The van der Waals surface area contributed by atoms with Gasteiger partial charge in [0.15, 0.2) is 0 Å². The van der Waals surface area contributed by atoms with Crippen molar-refractivity contribution >= 4 is 47.3 Å². The summed E-state index contributed by atoms with van der Waals surface area (Å²) in [4.78, 5) is 117. The van der Waals surface area contributed by atoms with Crippen molar-refractivity contribution in [2.75, 3.05) is 53.4 Å². The average Bonchev–Trinajstić information content (AvgIpc) is 4.05. The average molecular weight is 1080 g/mol. The van der Waals surface area contributed by atoms with Crippen molar-refractivity contribution in [3.63, 3.8) is 0 Å². The number of rotatable bonds is 22. The molecule has 8 amide bonds. The molecule has 0 unspecified atom stereocenters. The molecule has 0 radical (unpaired) electrons. The van der Waals surface area contributed by atoms with Gasteiger partial charge >= 0.3 is 0 Å². The topological polar surface area (TPSA) is 222 Å². The first kappa shape index (κ1) is 62.1. The van der Waals surface area contributed by atoms with Gasteiger partial charge in [-0.15, -0.1) is 0 Å². The highest BCUT2D eigenvalue weighted by Gasteiger charge is 2.45. The number of carbonyl (C=O) groups is 8. The number of hydrogen-bond donors (Lipinski definition) is 6. The minimum atomic E-state index is -0.940. The molecule has 19 heteroatoms. The summed E-state index contributed by atoms with van der Waals surface area (Å²) in [6, 6.07) is 15.2. The third-order valence-corrected chi connectivity index (χ3v) is 15.1. The number of nitrogens with zero attached hydrogens (tertiary/aromatic N) is 4. The Bertz CT molecular complexity index is 2410. The molecule has 3 aromatic rings. The van der Waals surface area contributed by atoms with Gasteiger partial charge in [-0.1, -0.05) is 83.5 Å². The Labute approximate surface area is 460 Å². The van der Waals surface area contributed by atoms with E-state index < -0.39 is 71.0 Å². The van der Waals surface area contributed by atoms with Gasteiger partial charge in [-0.3, -0.25) is 38.4 Å². The summed E-state index contributed by atoms with van der Waals surface area (Å²) in [5, 5.41) is 17.9. The van der Waals surface area contributed by atoms with Crippen molar-refractivity contribution in [3.8, 4) is 0 Å². The van der Waals surface area contributed by atoms with Gasteiger partial charge in [0.1, 0.15) is 17.9 Å². The highest BCUT2D eigenvalue weighted by atomic mass is 19.1. The minimum absolute atomic E-state index is 0.0975. The SMILES string of the molecule is CN[C@@H](C)C(=O)N[C@H](C(=O)N1C[C@@H](NC(=O)c2ccc(C(=O)N[C@H]3C[C@@H](CN(CCc4ccc(F)cc4)C(C)=O)N(C(=O)[C@@H](NC(=O)[C@H](C)NC)C(C)(C)C)C3)cc2)C[C@H]1CN(CCc1ccc(C)cc1)C(C)=O)C(C)(C)C. The van der Waals surface area contributed by atoms with E-state index in [4.69, 9.17) is 0 Å². The van der Waals surface area contributed by atoms with Crippen molar-refractivity contribution in [1.82, 2.24) is 51.5 Å². The van der Waals surface area contributed by atoms with E-state index in [2.05, 4.69) is 31.9 Å². The first-order valence-electron chi connectivity index (χ1n) is 27.2. The molecule has 426 valence electrons. The van der Waals surface area contributed by atoms with Crippen LogP contribution in [0.2, 0.25) is 0 Å². The van der Waals surface area contributed by atoms with Gasteiger partial charge in [0.05, 0.1) is 24.2 Å². The monoisotopic (exact) mass is 1080 g/mol. The fourth-order valence-electron chi connectivity index (χ4n) is 9.86. The van der Waals surface area contributed by atoms with E-state index in [1.54, 1.807) is 59.7 Å². The predicted molar refractivity (Wildman–Crippen MR) is 298 cm³/mol. The molecule has 0 aromatic heterocycles. The number of aryl methyl sites for hydroxylation is 1. The molecule has 2 saturated heterocycles. The van der Waals surface area contributed by atoms with Crippen LogP contribution in [-0.4, -0.2) is 169 Å². The second-order valence-electron chi connectivity index (χ2n) is 23.4. The maximum atomic E-state index is 14.7. The molecule has 0 saturated carbocycles. The summed E-state index contributed by atoms with van der Waals surface area (Å²) < 4.78 is 13.7. The zero-order valence-electron chi connectivity index (χ0n) is 48.1. The second-order valence-corrected chi connectivity index (χ2v) is 23.4. The molecule has 2 aliphatic heterocycles. The molecule has 2 heterocycles. The number of carbonyl (C=O) groups excluding carboxylic acids is 8. The lowest BCUT2D eigenvalue weighted by atomic mass is 9.85. The zero-order valence-corrected chi connectivity index (χ0v) is 48.1. The van der Waals surface area contributed by atoms with Gasteiger partial charge in [-0.2, -0.15) is 0 Å². The normalized spacial score (nSPS) is 19.0. The van der Waals surface area contributed by atoms with Crippen LogP contribution in [0, 0.1) is 23.6 Å². The van der Waals surface area contributed by atoms with Gasteiger partial charge in [-0.25, -0.2) is 4.39 Å². The van der Waals surface area contributed by atoms with Crippen LogP contribution >= 0.6 is 0 Å². The van der Waals surface area contributed by atoms with Crippen LogP contribution < -0.4 is 31.9 Å². The molecular formula is C59H85FN10O8. The van der Waals surface area contributed by atoms with E-state index in [1.165, 1.54) is 50.2 Å². The van der Waals surface area contributed by atoms with Crippen LogP contribution in [0.5, 0.6) is 0 Å². The van der Waals surface area contributed by atoms with E-state index in [0.29, 0.717) is 38.8 Å². The van der Waals surface area contributed by atoms with Crippen molar-refractivity contribution in [2.24, 2.45) is 10.8 Å². The Morgan fingerprint density at radius 1 is 0.577 bits per heavy atom. The maximum Gasteiger partial charge on any atom is 0.251 e. The summed E-state index contributed by atoms with van der Waals surface area (Å²) in [7, 11) is 3.31. The Morgan fingerprint density at radius 3 is 1.24 bits per heavy atom. The van der Waals surface area contributed by atoms with Crippen molar-refractivity contribution in [3.05, 3.63) is 106 Å². The number of hydrogen-bond acceptors (Lipinski definition) is 10. The molecule has 5 rings (SSSR count). The van der Waals surface area contributed by atoms with Gasteiger partial charge in [0.25, 0.3) is 11.8 Å². The molecule has 3 aromatic carbocycles. The lowest BCUT2D eigenvalue weighted by Gasteiger charge is -2.37. The van der Waals surface area contributed by atoms with Crippen LogP contribution in [0.3, 0.4) is 0 Å². The summed E-state index contributed by atoms with van der Waals surface area (Å²) in [6.07, 6.45) is 1.68. The number of amides is 8. The largest absolute Gasteiger partial charge is 0.347 e. The number of nitrogens with one attached hydrogen (secondary N) is 6. The van der Waals surface area contributed by atoms with Crippen LogP contribution in [0.25, 0.3) is 0 Å². The third-order valence-electron chi connectivity index (χ3n) is 15.1. The predicted octanol–water partition coefficient (Wildman–Crippen LogP) is 3.99. The molecule has 78 heavy (non-hydrogen) atoms. The van der Waals surface area contributed by atoms with Gasteiger partial charge in [0.2, 0.25) is 35.4 Å². The van der Waals surface area contributed by atoms with E-state index in [9.17, 15) is 42.7 Å². The van der Waals surface area contributed by atoms with Crippen LogP contribution in [0.15, 0.2) is 72.8 Å². The summed E-state index contributed by atoms with van der Waals surface area (Å²) in [5.41, 5.74) is 2.15. The Hall–Kier alpha value is -6.73. The third kappa shape index (κ3) is 17.1. The zero-order chi connectivity index (χ0) is 57.8. The lowest BCUT2D eigenvalue weighted by molar-refractivity contribution is -0.142. The van der Waals surface area contributed by atoms with Crippen LogP contribution in [0.4, 0.5) is 4.39 Å². The molecule has 18 nitrogen and oxygen atoms in total. The van der Waals surface area contributed by atoms with Crippen LogP contribution in [-0.2, 0) is 41.6 Å². The van der Waals surface area contributed by atoms with E-state index >= 15 is 0 Å². The standard InChI is InChI=1S/C59H85FN10O8/c1-36-14-16-41(17-15-36)26-28-67(39(4)71)34-48-30-46(32-69(48)56(77)50(58(6,7)8)65-52(73)37(2)61-12)63-54(75)43-20-22-44(23-21-43)55(76)64-47-31-49(35-68(40(5)72)29-27-42-18-24-45(60)25-19-42)70(33-47)57(78)51(59(9,10)11)66-53(74)38(3)62-13/h14-25,37-38,46-51,61-62H,26-35H2,1-13H3,(H,63,75)(H,64,76)(H,65,73)(H,66,74)/t37-,38-,46-,47-,48-,49-,50+,51+/m0/s1. The van der Waals surface area contributed by atoms with Gasteiger partial charge in [-0.05, 0) is 119 Å². The molecule has 0 bridgehead atoms. The molecule has 0 aliphatic carbocycles. The Kier molecular flexibility index (Phi) is 21.7.